The van der Waals surface area contributed by atoms with Gasteiger partial charge in [-0.25, -0.2) is 0 Å². The summed E-state index contributed by atoms with van der Waals surface area (Å²) >= 11 is 0. The Morgan fingerprint density at radius 2 is 1.91 bits per heavy atom. The van der Waals surface area contributed by atoms with E-state index in [9.17, 15) is 4.79 Å². The fraction of sp³-hybridized carbons (Fsp3) is 0.611. The van der Waals surface area contributed by atoms with Crippen LogP contribution in [-0.2, 0) is 0 Å². The Hall–Kier alpha value is -1.59. The minimum absolute atomic E-state index is 0.125. The lowest BCUT2D eigenvalue weighted by atomic mass is 10.1. The number of hydrogen-bond acceptors (Lipinski definition) is 4. The molecular formula is C18H27N3O2. The number of nitrogens with zero attached hydrogens (tertiary/aromatic N) is 3. The molecule has 126 valence electrons. The summed E-state index contributed by atoms with van der Waals surface area (Å²) in [4.78, 5) is 19.7. The molecule has 2 heterocycles. The number of ether oxygens (including phenoxy) is 1. The van der Waals surface area contributed by atoms with E-state index in [-0.39, 0.29) is 5.91 Å². The third-order valence-electron chi connectivity index (χ3n) is 5.16. The molecule has 0 saturated carbocycles. The molecule has 2 aliphatic rings. The Kier molecular flexibility index (Phi) is 4.87. The molecule has 2 fully saturated rings. The van der Waals surface area contributed by atoms with Crippen molar-refractivity contribution in [1.82, 2.24) is 14.7 Å². The SMILES string of the molecule is COc1cc(C(=O)N2CC[C@@H](N3CCN(C)CC3)C2)ccc1C. The quantitative estimate of drug-likeness (QED) is 0.846. The van der Waals surface area contributed by atoms with E-state index in [2.05, 4.69) is 16.8 Å². The van der Waals surface area contributed by atoms with Crippen LogP contribution < -0.4 is 4.74 Å². The molecule has 2 aliphatic heterocycles. The number of methoxy groups -OCH3 is 1. The van der Waals surface area contributed by atoms with Crippen molar-refractivity contribution in [1.29, 1.82) is 0 Å². The molecule has 2 saturated heterocycles. The van der Waals surface area contributed by atoms with Crippen LogP contribution in [0.1, 0.15) is 22.3 Å². The fourth-order valence-electron chi connectivity index (χ4n) is 3.55. The van der Waals surface area contributed by atoms with E-state index in [4.69, 9.17) is 4.74 Å². The Morgan fingerprint density at radius 3 is 2.61 bits per heavy atom. The second kappa shape index (κ2) is 6.89. The lowest BCUT2D eigenvalue weighted by Gasteiger charge is -2.36. The topological polar surface area (TPSA) is 36.0 Å². The maximum Gasteiger partial charge on any atom is 0.254 e. The third-order valence-corrected chi connectivity index (χ3v) is 5.16. The average molecular weight is 317 g/mol. The first-order valence-corrected chi connectivity index (χ1v) is 8.45. The highest BCUT2D eigenvalue weighted by atomic mass is 16.5. The zero-order chi connectivity index (χ0) is 16.4. The van der Waals surface area contributed by atoms with Crippen molar-refractivity contribution in [3.05, 3.63) is 29.3 Å². The Balaban J connectivity index is 1.63. The Bertz CT molecular complexity index is 567. The lowest BCUT2D eigenvalue weighted by Crippen LogP contribution is -2.50. The number of benzene rings is 1. The van der Waals surface area contributed by atoms with Gasteiger partial charge >= 0.3 is 0 Å². The summed E-state index contributed by atoms with van der Waals surface area (Å²) in [6, 6.07) is 6.24. The highest BCUT2D eigenvalue weighted by Gasteiger charge is 2.32. The summed E-state index contributed by atoms with van der Waals surface area (Å²) in [6.45, 7) is 8.17. The van der Waals surface area contributed by atoms with Crippen molar-refractivity contribution in [2.24, 2.45) is 0 Å². The van der Waals surface area contributed by atoms with Crippen molar-refractivity contribution in [3.63, 3.8) is 0 Å². The van der Waals surface area contributed by atoms with Gasteiger partial charge in [-0.05, 0) is 38.1 Å². The largest absolute Gasteiger partial charge is 0.496 e. The highest BCUT2D eigenvalue weighted by Crippen LogP contribution is 2.23. The molecule has 23 heavy (non-hydrogen) atoms. The van der Waals surface area contributed by atoms with Gasteiger partial charge in [-0.1, -0.05) is 6.07 Å². The lowest BCUT2D eigenvalue weighted by molar-refractivity contribution is 0.0755. The van der Waals surface area contributed by atoms with Crippen LogP contribution in [0.4, 0.5) is 0 Å². The molecule has 0 spiro atoms. The first-order valence-electron chi connectivity index (χ1n) is 8.45. The number of aryl methyl sites for hydroxylation is 1. The van der Waals surface area contributed by atoms with Crippen LogP contribution in [0.2, 0.25) is 0 Å². The monoisotopic (exact) mass is 317 g/mol. The molecule has 0 N–H and O–H groups in total. The molecule has 1 amide bonds. The van der Waals surface area contributed by atoms with Gasteiger partial charge in [0.05, 0.1) is 7.11 Å². The zero-order valence-corrected chi connectivity index (χ0v) is 14.4. The summed E-state index contributed by atoms with van der Waals surface area (Å²) < 4.78 is 5.34. The predicted octanol–water partition coefficient (Wildman–Crippen LogP) is 1.47. The van der Waals surface area contributed by atoms with E-state index in [0.29, 0.717) is 6.04 Å². The molecule has 0 aromatic heterocycles. The third kappa shape index (κ3) is 3.51. The van der Waals surface area contributed by atoms with Gasteiger partial charge in [0.25, 0.3) is 5.91 Å². The summed E-state index contributed by atoms with van der Waals surface area (Å²) in [6.07, 6.45) is 1.08. The van der Waals surface area contributed by atoms with Gasteiger partial charge < -0.3 is 14.5 Å². The standard InChI is InChI=1S/C18H27N3O2/c1-14-4-5-15(12-17(14)23-3)18(22)21-7-6-16(13-21)20-10-8-19(2)9-11-20/h4-5,12,16H,6-11,13H2,1-3H3/t16-/m1/s1. The van der Waals surface area contributed by atoms with Crippen molar-refractivity contribution in [2.45, 2.75) is 19.4 Å². The number of carbonyl (C=O) groups is 1. The van der Waals surface area contributed by atoms with Gasteiger partial charge in [-0.2, -0.15) is 0 Å². The molecule has 0 aliphatic carbocycles. The van der Waals surface area contributed by atoms with E-state index >= 15 is 0 Å². The smallest absolute Gasteiger partial charge is 0.254 e. The van der Waals surface area contributed by atoms with Gasteiger partial charge in [0, 0.05) is 50.9 Å². The van der Waals surface area contributed by atoms with Gasteiger partial charge in [0.2, 0.25) is 0 Å². The number of carbonyl (C=O) groups excluding carboxylic acids is 1. The summed E-state index contributed by atoms with van der Waals surface area (Å²) in [7, 11) is 3.82. The molecule has 1 aromatic rings. The van der Waals surface area contributed by atoms with E-state index in [1.165, 1.54) is 0 Å². The van der Waals surface area contributed by atoms with Gasteiger partial charge in [0.15, 0.2) is 0 Å². The van der Waals surface area contributed by atoms with E-state index in [0.717, 1.165) is 62.6 Å². The van der Waals surface area contributed by atoms with Crippen LogP contribution in [-0.4, -0.2) is 80.1 Å². The van der Waals surface area contributed by atoms with Crippen LogP contribution >= 0.6 is 0 Å². The average Bonchev–Trinajstić information content (AvgIpc) is 3.05. The first kappa shape index (κ1) is 16.3. The second-order valence-corrected chi connectivity index (χ2v) is 6.72. The van der Waals surface area contributed by atoms with Crippen LogP contribution in [0, 0.1) is 6.92 Å². The fourth-order valence-corrected chi connectivity index (χ4v) is 3.55. The predicted molar refractivity (Wildman–Crippen MR) is 91.1 cm³/mol. The van der Waals surface area contributed by atoms with Crippen LogP contribution in [0.3, 0.4) is 0 Å². The molecule has 5 heteroatoms. The second-order valence-electron chi connectivity index (χ2n) is 6.72. The van der Waals surface area contributed by atoms with Crippen molar-refractivity contribution < 1.29 is 9.53 Å². The van der Waals surface area contributed by atoms with Crippen LogP contribution in [0.15, 0.2) is 18.2 Å². The molecule has 1 atom stereocenters. The Labute approximate surface area is 138 Å². The molecule has 3 rings (SSSR count). The minimum Gasteiger partial charge on any atom is -0.496 e. The first-order chi connectivity index (χ1) is 11.1. The maximum absolute atomic E-state index is 12.8. The Morgan fingerprint density at radius 1 is 1.17 bits per heavy atom. The number of piperazine rings is 1. The minimum atomic E-state index is 0.125. The van der Waals surface area contributed by atoms with Crippen molar-refractivity contribution in [2.75, 3.05) is 53.4 Å². The summed E-state index contributed by atoms with van der Waals surface area (Å²) in [5.41, 5.74) is 1.78. The van der Waals surface area contributed by atoms with Crippen LogP contribution in [0.5, 0.6) is 5.75 Å². The molecular weight excluding hydrogens is 290 g/mol. The van der Waals surface area contributed by atoms with E-state index in [1.807, 2.05) is 30.0 Å². The number of likely N-dealkylation sites (tertiary alicyclic amines) is 1. The number of likely N-dealkylation sites (N-methyl/N-ethyl adjacent to an activating group) is 1. The van der Waals surface area contributed by atoms with E-state index < -0.39 is 0 Å². The summed E-state index contributed by atoms with van der Waals surface area (Å²) in [5.74, 6) is 0.908. The van der Waals surface area contributed by atoms with Gasteiger partial charge in [-0.3, -0.25) is 9.69 Å². The van der Waals surface area contributed by atoms with Gasteiger partial charge in [-0.15, -0.1) is 0 Å². The van der Waals surface area contributed by atoms with Gasteiger partial charge in [0.1, 0.15) is 5.75 Å². The zero-order valence-electron chi connectivity index (χ0n) is 14.4. The normalized spacial score (nSPS) is 23.3. The number of amides is 1. The van der Waals surface area contributed by atoms with Crippen LogP contribution in [0.25, 0.3) is 0 Å². The molecule has 0 radical (unpaired) electrons. The van der Waals surface area contributed by atoms with Crippen molar-refractivity contribution >= 4 is 5.91 Å². The molecule has 1 aromatic carbocycles. The molecule has 0 bridgehead atoms. The molecule has 5 nitrogen and oxygen atoms in total. The highest BCUT2D eigenvalue weighted by molar-refractivity contribution is 5.95. The maximum atomic E-state index is 12.8. The van der Waals surface area contributed by atoms with Crippen molar-refractivity contribution in [3.8, 4) is 5.75 Å². The molecule has 0 unspecified atom stereocenters. The summed E-state index contributed by atoms with van der Waals surface area (Å²) in [5, 5.41) is 0. The van der Waals surface area contributed by atoms with E-state index in [1.54, 1.807) is 7.11 Å². The number of hydrogen-bond donors (Lipinski definition) is 0. The number of rotatable bonds is 3.